The molecule has 4 heterocycles. The van der Waals surface area contributed by atoms with Crippen molar-refractivity contribution in [2.45, 2.75) is 12.5 Å². The summed E-state index contributed by atoms with van der Waals surface area (Å²) in [4.78, 5) is 18.8. The first-order valence-electron chi connectivity index (χ1n) is 10.4. The van der Waals surface area contributed by atoms with E-state index in [1.54, 1.807) is 34.7 Å². The Kier molecular flexibility index (Phi) is 5.48. The predicted molar refractivity (Wildman–Crippen MR) is 121 cm³/mol. The maximum atomic E-state index is 13.2. The molecule has 1 amide bonds. The Balaban J connectivity index is 1.25. The van der Waals surface area contributed by atoms with E-state index in [4.69, 9.17) is 4.42 Å². The highest BCUT2D eigenvalue weighted by Gasteiger charge is 2.35. The van der Waals surface area contributed by atoms with Crippen molar-refractivity contribution in [1.82, 2.24) is 9.91 Å². The number of benzene rings is 1. The van der Waals surface area contributed by atoms with Crippen LogP contribution in [0.25, 0.3) is 0 Å². The molecule has 0 radical (unpaired) electrons. The molecule has 2 aliphatic rings. The van der Waals surface area contributed by atoms with Crippen molar-refractivity contribution in [2.75, 3.05) is 37.6 Å². The largest absolute Gasteiger partial charge is 0.508 e. The topological polar surface area (TPSA) is 72.5 Å². The summed E-state index contributed by atoms with van der Waals surface area (Å²) in [6, 6.07) is 15.0. The minimum Gasteiger partial charge on any atom is -0.508 e. The molecule has 2 aliphatic heterocycles. The molecule has 5 rings (SSSR count). The van der Waals surface area contributed by atoms with Crippen molar-refractivity contribution in [3.05, 3.63) is 70.8 Å². The van der Waals surface area contributed by atoms with Gasteiger partial charge in [-0.2, -0.15) is 5.10 Å². The van der Waals surface area contributed by atoms with Gasteiger partial charge in [0.15, 0.2) is 0 Å². The van der Waals surface area contributed by atoms with Gasteiger partial charge in [0.1, 0.15) is 17.2 Å². The summed E-state index contributed by atoms with van der Waals surface area (Å²) >= 11 is 1.65. The molecule has 1 N–H and O–H groups in total. The van der Waals surface area contributed by atoms with Crippen LogP contribution in [0.1, 0.15) is 23.1 Å². The maximum absolute atomic E-state index is 13.2. The summed E-state index contributed by atoms with van der Waals surface area (Å²) in [6.45, 7) is 3.64. The van der Waals surface area contributed by atoms with E-state index in [-0.39, 0.29) is 17.7 Å². The molecule has 3 aromatic rings. The molecule has 2 aromatic heterocycles. The van der Waals surface area contributed by atoms with Crippen LogP contribution in [0, 0.1) is 0 Å². The van der Waals surface area contributed by atoms with Crippen molar-refractivity contribution in [3.8, 4) is 5.75 Å². The third kappa shape index (κ3) is 4.22. The van der Waals surface area contributed by atoms with Crippen molar-refractivity contribution >= 4 is 28.6 Å². The standard InChI is InChI=1S/C23H24N4O3S/c28-18-7-5-17(6-8-18)26-11-9-25(10-12-26)16-23(29)27-20(22-4-2-14-31-22)15-19(24-27)21-3-1-13-30-21/h1-8,13-14,20,28H,9-12,15-16H2. The molecular formula is C23H24N4O3S. The zero-order valence-corrected chi connectivity index (χ0v) is 17.9. The number of thiophene rings is 1. The average Bonchev–Trinajstić information content (AvgIpc) is 3.56. The van der Waals surface area contributed by atoms with Crippen LogP contribution in [0.2, 0.25) is 0 Å². The van der Waals surface area contributed by atoms with E-state index in [0.29, 0.717) is 13.0 Å². The van der Waals surface area contributed by atoms with Crippen LogP contribution < -0.4 is 4.90 Å². The zero-order chi connectivity index (χ0) is 21.2. The molecule has 1 atom stereocenters. The lowest BCUT2D eigenvalue weighted by molar-refractivity contribution is -0.134. The number of phenolic OH excluding ortho intramolecular Hbond substituents is 1. The van der Waals surface area contributed by atoms with Crippen LogP contribution in [-0.2, 0) is 4.79 Å². The number of nitrogens with zero attached hydrogens (tertiary/aromatic N) is 4. The van der Waals surface area contributed by atoms with Gasteiger partial charge in [0.05, 0.1) is 18.8 Å². The van der Waals surface area contributed by atoms with Crippen molar-refractivity contribution in [1.29, 1.82) is 0 Å². The van der Waals surface area contributed by atoms with Crippen LogP contribution in [0.3, 0.4) is 0 Å². The lowest BCUT2D eigenvalue weighted by Gasteiger charge is -2.36. The average molecular weight is 437 g/mol. The molecule has 0 spiro atoms. The first-order chi connectivity index (χ1) is 15.2. The molecule has 0 saturated carbocycles. The Hall–Kier alpha value is -3.10. The first kappa shape index (κ1) is 19.8. The molecule has 1 aromatic carbocycles. The Bertz CT molecular complexity index is 1040. The number of aromatic hydroxyl groups is 1. The highest BCUT2D eigenvalue weighted by Crippen LogP contribution is 2.35. The Labute approximate surface area is 184 Å². The number of piperazine rings is 1. The van der Waals surface area contributed by atoms with Gasteiger partial charge in [-0.25, -0.2) is 5.01 Å². The van der Waals surface area contributed by atoms with Crippen LogP contribution in [0.5, 0.6) is 5.75 Å². The van der Waals surface area contributed by atoms with Gasteiger partial charge in [-0.05, 0) is 47.8 Å². The molecule has 160 valence electrons. The number of carbonyl (C=O) groups is 1. The van der Waals surface area contributed by atoms with E-state index in [2.05, 4.69) is 21.0 Å². The van der Waals surface area contributed by atoms with Gasteiger partial charge in [0.25, 0.3) is 5.91 Å². The summed E-state index contributed by atoms with van der Waals surface area (Å²) in [5.74, 6) is 1.01. The molecule has 1 saturated heterocycles. The summed E-state index contributed by atoms with van der Waals surface area (Å²) in [5, 5.41) is 17.8. The smallest absolute Gasteiger partial charge is 0.257 e. The van der Waals surface area contributed by atoms with Gasteiger partial charge in [-0.1, -0.05) is 6.07 Å². The Morgan fingerprint density at radius 2 is 1.90 bits per heavy atom. The first-order valence-corrected chi connectivity index (χ1v) is 11.3. The van der Waals surface area contributed by atoms with Crippen molar-refractivity contribution in [2.24, 2.45) is 5.10 Å². The van der Waals surface area contributed by atoms with E-state index < -0.39 is 0 Å². The van der Waals surface area contributed by atoms with E-state index in [1.165, 1.54) is 0 Å². The van der Waals surface area contributed by atoms with E-state index in [0.717, 1.165) is 48.2 Å². The van der Waals surface area contributed by atoms with Crippen LogP contribution in [0.15, 0.2) is 69.7 Å². The summed E-state index contributed by atoms with van der Waals surface area (Å²) in [6.07, 6.45) is 2.30. The number of carbonyl (C=O) groups excluding carboxylic acids is 1. The molecule has 1 unspecified atom stereocenters. The van der Waals surface area contributed by atoms with Gasteiger partial charge in [0.2, 0.25) is 0 Å². The number of rotatable bonds is 5. The monoisotopic (exact) mass is 436 g/mol. The second-order valence-electron chi connectivity index (χ2n) is 7.78. The lowest BCUT2D eigenvalue weighted by Crippen LogP contribution is -2.49. The van der Waals surface area contributed by atoms with Crippen LogP contribution in [-0.4, -0.2) is 59.4 Å². The molecule has 7 nitrogen and oxygen atoms in total. The van der Waals surface area contributed by atoms with E-state index >= 15 is 0 Å². The summed E-state index contributed by atoms with van der Waals surface area (Å²) in [5.41, 5.74) is 1.91. The number of amides is 1. The lowest BCUT2D eigenvalue weighted by atomic mass is 10.1. The number of hydrogen-bond acceptors (Lipinski definition) is 7. The maximum Gasteiger partial charge on any atom is 0.257 e. The van der Waals surface area contributed by atoms with Gasteiger partial charge in [-0.15, -0.1) is 11.3 Å². The molecule has 1 fully saturated rings. The van der Waals surface area contributed by atoms with E-state index in [9.17, 15) is 9.90 Å². The predicted octanol–water partition coefficient (Wildman–Crippen LogP) is 3.55. The molecule has 8 heteroatoms. The minimum absolute atomic E-state index is 0.0121. The third-order valence-corrected chi connectivity index (χ3v) is 6.76. The van der Waals surface area contributed by atoms with Crippen molar-refractivity contribution < 1.29 is 14.3 Å². The number of furan rings is 1. The fraction of sp³-hybridized carbons (Fsp3) is 0.304. The number of hydrazone groups is 1. The van der Waals surface area contributed by atoms with Crippen LogP contribution in [0.4, 0.5) is 5.69 Å². The second-order valence-corrected chi connectivity index (χ2v) is 8.76. The molecule has 0 bridgehead atoms. The highest BCUT2D eigenvalue weighted by atomic mass is 32.1. The molecular weight excluding hydrogens is 412 g/mol. The van der Waals surface area contributed by atoms with Crippen LogP contribution >= 0.6 is 11.3 Å². The zero-order valence-electron chi connectivity index (χ0n) is 17.1. The fourth-order valence-electron chi connectivity index (χ4n) is 4.13. The second kappa shape index (κ2) is 8.56. The quantitative estimate of drug-likeness (QED) is 0.662. The fourth-order valence-corrected chi connectivity index (χ4v) is 4.94. The number of anilines is 1. The third-order valence-electron chi connectivity index (χ3n) is 5.79. The minimum atomic E-state index is -0.0779. The summed E-state index contributed by atoms with van der Waals surface area (Å²) < 4.78 is 5.53. The van der Waals surface area contributed by atoms with Gasteiger partial charge in [0, 0.05) is 43.2 Å². The number of phenols is 1. The normalized spacial score (nSPS) is 19.6. The number of hydrogen-bond donors (Lipinski definition) is 1. The van der Waals surface area contributed by atoms with Gasteiger partial charge >= 0.3 is 0 Å². The Morgan fingerprint density at radius 3 is 2.58 bits per heavy atom. The van der Waals surface area contributed by atoms with Gasteiger partial charge in [-0.3, -0.25) is 9.69 Å². The Morgan fingerprint density at radius 1 is 1.10 bits per heavy atom. The van der Waals surface area contributed by atoms with Gasteiger partial charge < -0.3 is 14.4 Å². The van der Waals surface area contributed by atoms with Crippen molar-refractivity contribution in [3.63, 3.8) is 0 Å². The molecule has 31 heavy (non-hydrogen) atoms. The molecule has 0 aliphatic carbocycles. The summed E-state index contributed by atoms with van der Waals surface area (Å²) in [7, 11) is 0. The van der Waals surface area contributed by atoms with E-state index in [1.807, 2.05) is 35.7 Å². The highest BCUT2D eigenvalue weighted by molar-refractivity contribution is 7.10. The SMILES string of the molecule is O=C(CN1CCN(c2ccc(O)cc2)CC1)N1N=C(c2ccco2)CC1c1cccs1.